The molecule has 0 amide bonds. The molecule has 3 aromatic rings. The standard InChI is InChI=1S/C23H30N4OS/c1-6-25(7-2)16-26-23(29)27(21-11-9-8-10-20(21)17(3)4)22(24-26)18-12-14-19(28-5)15-13-18/h8-15,17H,6-7,16H2,1-5H3. The molecule has 3 rings (SSSR count). The Bertz CT molecular complexity index is 1000. The van der Waals surface area contributed by atoms with Crippen molar-refractivity contribution in [3.8, 4) is 22.8 Å². The van der Waals surface area contributed by atoms with E-state index in [-0.39, 0.29) is 0 Å². The summed E-state index contributed by atoms with van der Waals surface area (Å²) >= 11 is 5.92. The minimum Gasteiger partial charge on any atom is -0.497 e. The highest BCUT2D eigenvalue weighted by Crippen LogP contribution is 2.29. The summed E-state index contributed by atoms with van der Waals surface area (Å²) in [4.78, 5) is 2.30. The summed E-state index contributed by atoms with van der Waals surface area (Å²) < 4.78 is 10.1. The lowest BCUT2D eigenvalue weighted by molar-refractivity contribution is 0.227. The fourth-order valence-corrected chi connectivity index (χ4v) is 3.72. The van der Waals surface area contributed by atoms with E-state index in [4.69, 9.17) is 22.1 Å². The number of hydrogen-bond donors (Lipinski definition) is 0. The fourth-order valence-electron chi connectivity index (χ4n) is 3.44. The lowest BCUT2D eigenvalue weighted by Gasteiger charge is -2.17. The number of aromatic nitrogens is 3. The van der Waals surface area contributed by atoms with Crippen molar-refractivity contribution < 1.29 is 4.74 Å². The van der Waals surface area contributed by atoms with Crippen LogP contribution in [0.4, 0.5) is 0 Å². The van der Waals surface area contributed by atoms with Crippen molar-refractivity contribution in [1.82, 2.24) is 19.2 Å². The van der Waals surface area contributed by atoms with Crippen molar-refractivity contribution in [3.05, 3.63) is 58.9 Å². The highest BCUT2D eigenvalue weighted by atomic mass is 32.1. The Labute approximate surface area is 178 Å². The third-order valence-electron chi connectivity index (χ3n) is 5.22. The van der Waals surface area contributed by atoms with Crippen LogP contribution in [-0.2, 0) is 6.67 Å². The Hall–Kier alpha value is -2.44. The van der Waals surface area contributed by atoms with Gasteiger partial charge in [-0.25, -0.2) is 4.68 Å². The quantitative estimate of drug-likeness (QED) is 0.459. The highest BCUT2D eigenvalue weighted by Gasteiger charge is 2.18. The van der Waals surface area contributed by atoms with Gasteiger partial charge in [0.1, 0.15) is 5.75 Å². The van der Waals surface area contributed by atoms with E-state index in [1.54, 1.807) is 7.11 Å². The number of methoxy groups -OCH3 is 1. The zero-order valence-electron chi connectivity index (χ0n) is 17.9. The molecular formula is C23H30N4OS. The lowest BCUT2D eigenvalue weighted by Crippen LogP contribution is -2.26. The molecule has 1 heterocycles. The number of ether oxygens (including phenoxy) is 1. The number of nitrogens with zero attached hydrogens (tertiary/aromatic N) is 4. The molecule has 0 saturated heterocycles. The second-order valence-electron chi connectivity index (χ2n) is 7.33. The largest absolute Gasteiger partial charge is 0.497 e. The molecule has 0 unspecified atom stereocenters. The summed E-state index contributed by atoms with van der Waals surface area (Å²) in [5.74, 6) is 2.05. The molecule has 0 radical (unpaired) electrons. The van der Waals surface area contributed by atoms with Crippen LogP contribution in [0.15, 0.2) is 48.5 Å². The molecule has 0 N–H and O–H groups in total. The second kappa shape index (κ2) is 9.37. The van der Waals surface area contributed by atoms with Gasteiger partial charge in [-0.15, -0.1) is 5.10 Å². The van der Waals surface area contributed by atoms with E-state index in [9.17, 15) is 0 Å². The minimum atomic E-state index is 0.378. The van der Waals surface area contributed by atoms with Gasteiger partial charge in [0.05, 0.1) is 19.5 Å². The van der Waals surface area contributed by atoms with Crippen LogP contribution < -0.4 is 4.74 Å². The van der Waals surface area contributed by atoms with Crippen LogP contribution in [0, 0.1) is 4.77 Å². The number of rotatable bonds is 8. The van der Waals surface area contributed by atoms with Gasteiger partial charge in [0, 0.05) is 5.56 Å². The summed E-state index contributed by atoms with van der Waals surface area (Å²) in [7, 11) is 1.67. The maximum atomic E-state index is 5.92. The molecule has 0 saturated carbocycles. The van der Waals surface area contributed by atoms with Gasteiger partial charge in [0.2, 0.25) is 4.77 Å². The number of benzene rings is 2. The van der Waals surface area contributed by atoms with E-state index in [2.05, 4.69) is 61.4 Å². The first-order valence-electron chi connectivity index (χ1n) is 10.2. The van der Waals surface area contributed by atoms with E-state index >= 15 is 0 Å². The Morgan fingerprint density at radius 2 is 1.69 bits per heavy atom. The van der Waals surface area contributed by atoms with Gasteiger partial charge in [-0.3, -0.25) is 9.47 Å². The van der Waals surface area contributed by atoms with Crippen LogP contribution in [-0.4, -0.2) is 39.4 Å². The average Bonchev–Trinajstić information content (AvgIpc) is 3.07. The van der Waals surface area contributed by atoms with Gasteiger partial charge in [0.25, 0.3) is 0 Å². The summed E-state index contributed by atoms with van der Waals surface area (Å²) in [5.41, 5.74) is 3.35. The molecule has 0 fully saturated rings. The van der Waals surface area contributed by atoms with Crippen molar-refractivity contribution in [2.75, 3.05) is 20.2 Å². The van der Waals surface area contributed by atoms with Crippen molar-refractivity contribution >= 4 is 12.2 Å². The normalized spacial score (nSPS) is 11.4. The molecule has 0 aliphatic heterocycles. The van der Waals surface area contributed by atoms with Crippen LogP contribution in [0.3, 0.4) is 0 Å². The summed E-state index contributed by atoms with van der Waals surface area (Å²) in [6.45, 7) is 11.3. The number of hydrogen-bond acceptors (Lipinski definition) is 4. The second-order valence-corrected chi connectivity index (χ2v) is 7.69. The van der Waals surface area contributed by atoms with Crippen LogP contribution in [0.1, 0.15) is 39.2 Å². The highest BCUT2D eigenvalue weighted by molar-refractivity contribution is 7.71. The third-order valence-corrected chi connectivity index (χ3v) is 5.61. The smallest absolute Gasteiger partial charge is 0.204 e. The van der Waals surface area contributed by atoms with E-state index in [0.29, 0.717) is 17.4 Å². The topological polar surface area (TPSA) is 35.2 Å². The van der Waals surface area contributed by atoms with Crippen molar-refractivity contribution in [1.29, 1.82) is 0 Å². The van der Waals surface area contributed by atoms with Crippen LogP contribution in [0.5, 0.6) is 5.75 Å². The predicted molar refractivity (Wildman–Crippen MR) is 121 cm³/mol. The third kappa shape index (κ3) is 4.43. The maximum Gasteiger partial charge on any atom is 0.204 e. The van der Waals surface area contributed by atoms with Crippen LogP contribution >= 0.6 is 12.2 Å². The van der Waals surface area contributed by atoms with Crippen molar-refractivity contribution in [2.24, 2.45) is 0 Å². The van der Waals surface area contributed by atoms with Crippen molar-refractivity contribution in [3.63, 3.8) is 0 Å². The zero-order valence-corrected chi connectivity index (χ0v) is 18.7. The molecule has 2 aromatic carbocycles. The molecule has 0 atom stereocenters. The first-order valence-corrected chi connectivity index (χ1v) is 10.6. The van der Waals surface area contributed by atoms with Gasteiger partial charge < -0.3 is 4.74 Å². The van der Waals surface area contributed by atoms with Crippen molar-refractivity contribution in [2.45, 2.75) is 40.3 Å². The van der Waals surface area contributed by atoms with Gasteiger partial charge in [-0.1, -0.05) is 45.9 Å². The van der Waals surface area contributed by atoms with E-state index in [1.807, 2.05) is 28.9 Å². The van der Waals surface area contributed by atoms with Crippen LogP contribution in [0.25, 0.3) is 17.1 Å². The Kier molecular flexibility index (Phi) is 6.87. The molecule has 0 aliphatic rings. The van der Waals surface area contributed by atoms with E-state index < -0.39 is 0 Å². The fraction of sp³-hybridized carbons (Fsp3) is 0.391. The molecule has 0 aliphatic carbocycles. The Morgan fingerprint density at radius 3 is 2.28 bits per heavy atom. The van der Waals surface area contributed by atoms with Gasteiger partial charge in [0.15, 0.2) is 5.82 Å². The van der Waals surface area contributed by atoms with E-state index in [1.165, 1.54) is 5.56 Å². The first kappa shape index (κ1) is 21.3. The Balaban J connectivity index is 2.22. The Morgan fingerprint density at radius 1 is 1.03 bits per heavy atom. The van der Waals surface area contributed by atoms with E-state index in [0.717, 1.165) is 35.9 Å². The molecule has 29 heavy (non-hydrogen) atoms. The molecule has 0 bridgehead atoms. The summed E-state index contributed by atoms with van der Waals surface area (Å²) in [5, 5.41) is 4.94. The minimum absolute atomic E-state index is 0.378. The summed E-state index contributed by atoms with van der Waals surface area (Å²) in [6, 6.07) is 16.4. The molecule has 5 nitrogen and oxygen atoms in total. The van der Waals surface area contributed by atoms with Gasteiger partial charge >= 0.3 is 0 Å². The van der Waals surface area contributed by atoms with Crippen LogP contribution in [0.2, 0.25) is 0 Å². The first-order chi connectivity index (χ1) is 14.0. The summed E-state index contributed by atoms with van der Waals surface area (Å²) in [6.07, 6.45) is 0. The molecule has 154 valence electrons. The maximum absolute atomic E-state index is 5.92. The monoisotopic (exact) mass is 410 g/mol. The molecular weight excluding hydrogens is 380 g/mol. The van der Waals surface area contributed by atoms with Gasteiger partial charge in [-0.05, 0) is 67.1 Å². The lowest BCUT2D eigenvalue weighted by atomic mass is 10.0. The zero-order chi connectivity index (χ0) is 21.0. The molecule has 6 heteroatoms. The average molecular weight is 411 g/mol. The number of para-hydroxylation sites is 1. The predicted octanol–water partition coefficient (Wildman–Crippen LogP) is 5.50. The molecule has 0 spiro atoms. The molecule has 1 aromatic heterocycles. The van der Waals surface area contributed by atoms with Gasteiger partial charge in [-0.2, -0.15) is 0 Å². The SMILES string of the molecule is CCN(CC)Cn1nc(-c2ccc(OC)cc2)n(-c2ccccc2C(C)C)c1=S.